The Hall–Kier alpha value is -4.03. The Morgan fingerprint density at radius 3 is 2.23 bits per heavy atom. The second-order valence-electron chi connectivity index (χ2n) is 8.81. The largest absolute Gasteiger partial charge is 0.507 e. The number of sulfone groups is 2. The molecule has 10 nitrogen and oxygen atoms in total. The van der Waals surface area contributed by atoms with Crippen molar-refractivity contribution in [1.29, 1.82) is 0 Å². The van der Waals surface area contributed by atoms with Crippen molar-refractivity contribution in [2.24, 2.45) is 5.10 Å². The number of nitrogens with one attached hydrogen (secondary N) is 1. The fourth-order valence-electron chi connectivity index (χ4n) is 4.28. The summed E-state index contributed by atoms with van der Waals surface area (Å²) < 4.78 is 55.5. The van der Waals surface area contributed by atoms with Crippen LogP contribution in [0.5, 0.6) is 5.75 Å². The number of benzene rings is 1. The van der Waals surface area contributed by atoms with Crippen molar-refractivity contribution in [3.05, 3.63) is 78.4 Å². The van der Waals surface area contributed by atoms with Gasteiger partial charge in [0.2, 0.25) is 0 Å². The molecule has 0 saturated heterocycles. The Kier molecular flexibility index (Phi) is 8.17. The number of aromatic hydroxyl groups is 1. The zero-order valence-electron chi connectivity index (χ0n) is 21.4. The van der Waals surface area contributed by atoms with Gasteiger partial charge in [-0.2, -0.15) is 5.10 Å². The highest BCUT2D eigenvalue weighted by atomic mass is 32.2. The number of aromatic nitrogens is 2. The van der Waals surface area contributed by atoms with Crippen molar-refractivity contribution in [1.82, 2.24) is 14.8 Å². The molecular formula is C27H28N4O6S2. The van der Waals surface area contributed by atoms with Gasteiger partial charge in [-0.1, -0.05) is 26.0 Å². The lowest BCUT2D eigenvalue weighted by Crippen LogP contribution is -2.23. The maximum absolute atomic E-state index is 13.6. The van der Waals surface area contributed by atoms with Crippen LogP contribution < -0.4 is 5.43 Å². The first-order chi connectivity index (χ1) is 18.6. The topological polar surface area (TPSA) is 147 Å². The van der Waals surface area contributed by atoms with E-state index in [4.69, 9.17) is 0 Å². The lowest BCUT2D eigenvalue weighted by molar-refractivity contribution is 0.0945. The lowest BCUT2D eigenvalue weighted by atomic mass is 10.1. The van der Waals surface area contributed by atoms with Gasteiger partial charge in [0.15, 0.2) is 19.7 Å². The SMILES string of the molecule is CCCS(=O)(=O)c1c(S(=O)(=O)CCC)c2cc(-c3ccncc3)ccn2c1C(=O)NN=Cc1ccccc1O. The molecule has 0 radical (unpaired) electrons. The summed E-state index contributed by atoms with van der Waals surface area (Å²) in [5.41, 5.74) is 3.70. The van der Waals surface area contributed by atoms with Crippen molar-refractivity contribution in [3.63, 3.8) is 0 Å². The number of hydrogen-bond acceptors (Lipinski definition) is 8. The van der Waals surface area contributed by atoms with E-state index >= 15 is 0 Å². The lowest BCUT2D eigenvalue weighted by Gasteiger charge is -2.08. The average Bonchev–Trinajstić information content (AvgIpc) is 3.27. The molecule has 0 fully saturated rings. The number of carbonyl (C=O) groups is 1. The number of hydrogen-bond donors (Lipinski definition) is 2. The Bertz CT molecular complexity index is 1760. The number of rotatable bonds is 10. The molecule has 39 heavy (non-hydrogen) atoms. The average molecular weight is 569 g/mol. The smallest absolute Gasteiger partial charge is 0.289 e. The van der Waals surface area contributed by atoms with Gasteiger partial charge in [0.05, 0.1) is 23.2 Å². The molecule has 0 spiro atoms. The van der Waals surface area contributed by atoms with Crippen LogP contribution in [-0.4, -0.2) is 55.0 Å². The second kappa shape index (κ2) is 11.4. The van der Waals surface area contributed by atoms with Crippen molar-refractivity contribution in [2.75, 3.05) is 11.5 Å². The number of phenolic OH excluding ortho intramolecular Hbond substituents is 1. The molecule has 2 N–H and O–H groups in total. The van der Waals surface area contributed by atoms with Crippen molar-refractivity contribution >= 4 is 37.3 Å². The van der Waals surface area contributed by atoms with Crippen molar-refractivity contribution in [3.8, 4) is 16.9 Å². The first kappa shape index (κ1) is 28.0. The number of hydrazone groups is 1. The van der Waals surface area contributed by atoms with Crippen molar-refractivity contribution in [2.45, 2.75) is 36.5 Å². The molecule has 1 aromatic carbocycles. The molecule has 4 aromatic rings. The molecule has 0 aliphatic carbocycles. The van der Waals surface area contributed by atoms with Gasteiger partial charge < -0.3 is 9.51 Å². The van der Waals surface area contributed by atoms with E-state index in [9.17, 15) is 26.7 Å². The van der Waals surface area contributed by atoms with E-state index in [0.717, 1.165) is 5.56 Å². The fourth-order valence-corrected chi connectivity index (χ4v) is 8.25. The maximum Gasteiger partial charge on any atom is 0.289 e. The highest BCUT2D eigenvalue weighted by Gasteiger charge is 2.37. The maximum atomic E-state index is 13.6. The monoisotopic (exact) mass is 568 g/mol. The molecule has 204 valence electrons. The summed E-state index contributed by atoms with van der Waals surface area (Å²) in [7, 11) is -8.32. The minimum atomic E-state index is -4.20. The van der Waals surface area contributed by atoms with Gasteiger partial charge >= 0.3 is 0 Å². The number of amides is 1. The predicted molar refractivity (Wildman–Crippen MR) is 148 cm³/mol. The molecule has 12 heteroatoms. The van der Waals surface area contributed by atoms with E-state index in [-0.39, 0.29) is 41.3 Å². The predicted octanol–water partition coefficient (Wildman–Crippen LogP) is 3.84. The number of phenols is 1. The van der Waals surface area contributed by atoms with Crippen molar-refractivity contribution < 1.29 is 26.7 Å². The molecule has 0 unspecified atom stereocenters. The summed E-state index contributed by atoms with van der Waals surface area (Å²) in [6.07, 6.45) is 6.33. The third-order valence-electron chi connectivity index (χ3n) is 5.95. The molecule has 0 saturated carbocycles. The van der Waals surface area contributed by atoms with E-state index in [1.54, 1.807) is 68.7 Å². The van der Waals surface area contributed by atoms with Gasteiger partial charge in [-0.05, 0) is 60.4 Å². The van der Waals surface area contributed by atoms with Crippen LogP contribution in [0.3, 0.4) is 0 Å². The summed E-state index contributed by atoms with van der Waals surface area (Å²) in [5.74, 6) is -1.63. The first-order valence-corrected chi connectivity index (χ1v) is 15.6. The van der Waals surface area contributed by atoms with E-state index in [1.807, 2.05) is 0 Å². The standard InChI is InChI=1S/C27H28N4O6S2/c1-3-15-38(34,35)25-22-17-20(19-9-12-28-13-10-19)11-14-31(22)24(26(25)39(36,37)16-4-2)27(33)30-29-18-21-7-5-6-8-23(21)32/h5-14,17-18,32H,3-4,15-16H2,1-2H3,(H,30,33). The van der Waals surface area contributed by atoms with Gasteiger partial charge in [0.1, 0.15) is 21.2 Å². The minimum Gasteiger partial charge on any atom is -0.507 e. The van der Waals surface area contributed by atoms with Gasteiger partial charge in [-0.3, -0.25) is 9.78 Å². The Labute approximate surface area is 226 Å². The third-order valence-corrected chi connectivity index (χ3v) is 10.0. The first-order valence-electron chi connectivity index (χ1n) is 12.3. The Morgan fingerprint density at radius 1 is 0.949 bits per heavy atom. The van der Waals surface area contributed by atoms with Crippen LogP contribution in [0.15, 0.2) is 82.0 Å². The summed E-state index contributed by atoms with van der Waals surface area (Å²) in [4.78, 5) is 16.5. The van der Waals surface area contributed by atoms with Crippen LogP contribution in [0.2, 0.25) is 0 Å². The summed E-state index contributed by atoms with van der Waals surface area (Å²) in [5, 5.41) is 13.8. The second-order valence-corrected chi connectivity index (χ2v) is 12.9. The highest BCUT2D eigenvalue weighted by molar-refractivity contribution is 7.94. The van der Waals surface area contributed by atoms with Gasteiger partial charge in [-0.15, -0.1) is 0 Å². The van der Waals surface area contributed by atoms with Gasteiger partial charge in [0.25, 0.3) is 5.91 Å². The number of carbonyl (C=O) groups excluding carboxylic acids is 1. The highest BCUT2D eigenvalue weighted by Crippen LogP contribution is 2.36. The van der Waals surface area contributed by atoms with Crippen LogP contribution >= 0.6 is 0 Å². The Balaban J connectivity index is 1.98. The third kappa shape index (κ3) is 5.71. The molecular weight excluding hydrogens is 540 g/mol. The molecule has 1 amide bonds. The summed E-state index contributed by atoms with van der Waals surface area (Å²) in [6, 6.07) is 13.0. The zero-order chi connectivity index (χ0) is 28.2. The van der Waals surface area contributed by atoms with Crippen LogP contribution in [-0.2, 0) is 19.7 Å². The molecule has 0 aliphatic heterocycles. The molecule has 3 aromatic heterocycles. The Morgan fingerprint density at radius 2 is 1.59 bits per heavy atom. The molecule has 0 aliphatic rings. The summed E-state index contributed by atoms with van der Waals surface area (Å²) >= 11 is 0. The molecule has 4 rings (SSSR count). The van der Waals surface area contributed by atoms with Gasteiger partial charge in [0, 0.05) is 24.2 Å². The minimum absolute atomic E-state index is 0.0635. The van der Waals surface area contributed by atoms with Crippen LogP contribution in [0.25, 0.3) is 16.6 Å². The van der Waals surface area contributed by atoms with Crippen LogP contribution in [0, 0.1) is 0 Å². The van der Waals surface area contributed by atoms with E-state index in [1.165, 1.54) is 22.9 Å². The van der Waals surface area contributed by atoms with Crippen LogP contribution in [0.1, 0.15) is 42.7 Å². The molecule has 0 bridgehead atoms. The number of fused-ring (bicyclic) bond motifs is 1. The number of nitrogens with zero attached hydrogens (tertiary/aromatic N) is 3. The fraction of sp³-hybridized carbons (Fsp3) is 0.222. The number of pyridine rings is 2. The van der Waals surface area contributed by atoms with Crippen LogP contribution in [0.4, 0.5) is 0 Å². The molecule has 0 atom stereocenters. The summed E-state index contributed by atoms with van der Waals surface area (Å²) in [6.45, 7) is 3.34. The zero-order valence-corrected chi connectivity index (χ0v) is 23.0. The van der Waals surface area contributed by atoms with E-state index in [0.29, 0.717) is 11.1 Å². The van der Waals surface area contributed by atoms with Gasteiger partial charge in [-0.25, -0.2) is 22.3 Å². The van der Waals surface area contributed by atoms with E-state index in [2.05, 4.69) is 15.5 Å². The molecule has 3 heterocycles. The van der Waals surface area contributed by atoms with E-state index < -0.39 is 35.4 Å². The quantitative estimate of drug-likeness (QED) is 0.218. The number of para-hydroxylation sites is 1. The normalized spacial score (nSPS) is 12.3.